The summed E-state index contributed by atoms with van der Waals surface area (Å²) < 4.78 is 23.6. The molecule has 0 amide bonds. The standard InChI is InChI=1S/C10H11FO3S/c1-13-7-4-8(15-3)9(11)6(5-12)10(7)14-2/h4-5H,1-3H3. The van der Waals surface area contributed by atoms with Crippen molar-refractivity contribution in [1.82, 2.24) is 0 Å². The lowest BCUT2D eigenvalue weighted by Gasteiger charge is -2.12. The van der Waals surface area contributed by atoms with Crippen LogP contribution in [0, 0.1) is 5.82 Å². The molecule has 1 rings (SSSR count). The van der Waals surface area contributed by atoms with Gasteiger partial charge in [0.1, 0.15) is 0 Å². The zero-order valence-corrected chi connectivity index (χ0v) is 9.48. The Balaban J connectivity index is 3.49. The number of rotatable bonds is 4. The third-order valence-electron chi connectivity index (χ3n) is 1.95. The van der Waals surface area contributed by atoms with Crippen LogP contribution >= 0.6 is 11.8 Å². The minimum Gasteiger partial charge on any atom is -0.493 e. The van der Waals surface area contributed by atoms with Gasteiger partial charge in [0.15, 0.2) is 23.6 Å². The molecule has 0 heterocycles. The number of methoxy groups -OCH3 is 2. The van der Waals surface area contributed by atoms with Crippen molar-refractivity contribution in [2.75, 3.05) is 20.5 Å². The number of hydrogen-bond acceptors (Lipinski definition) is 4. The van der Waals surface area contributed by atoms with Gasteiger partial charge in [-0.3, -0.25) is 4.79 Å². The summed E-state index contributed by atoms with van der Waals surface area (Å²) >= 11 is 1.20. The van der Waals surface area contributed by atoms with Crippen LogP contribution in [-0.2, 0) is 0 Å². The third-order valence-corrected chi connectivity index (χ3v) is 2.68. The largest absolute Gasteiger partial charge is 0.493 e. The summed E-state index contributed by atoms with van der Waals surface area (Å²) in [4.78, 5) is 11.1. The van der Waals surface area contributed by atoms with Crippen LogP contribution in [0.4, 0.5) is 4.39 Å². The Hall–Kier alpha value is -1.23. The maximum absolute atomic E-state index is 13.6. The third kappa shape index (κ3) is 2.07. The summed E-state index contributed by atoms with van der Waals surface area (Å²) in [5, 5.41) is 0. The van der Waals surface area contributed by atoms with E-state index in [4.69, 9.17) is 9.47 Å². The number of carbonyl (C=O) groups is 1. The van der Waals surface area contributed by atoms with Crippen LogP contribution < -0.4 is 9.47 Å². The maximum Gasteiger partial charge on any atom is 0.174 e. The first-order valence-electron chi connectivity index (χ1n) is 4.13. The summed E-state index contributed by atoms with van der Waals surface area (Å²) in [5.74, 6) is -0.0942. The van der Waals surface area contributed by atoms with E-state index in [0.29, 0.717) is 16.9 Å². The molecule has 0 atom stereocenters. The highest BCUT2D eigenvalue weighted by Gasteiger charge is 2.18. The Kier molecular flexibility index (Phi) is 3.96. The molecule has 82 valence electrons. The molecular weight excluding hydrogens is 219 g/mol. The zero-order valence-electron chi connectivity index (χ0n) is 8.67. The molecule has 3 nitrogen and oxygen atoms in total. The molecule has 0 spiro atoms. The van der Waals surface area contributed by atoms with Crippen LogP contribution in [0.2, 0.25) is 0 Å². The van der Waals surface area contributed by atoms with Gasteiger partial charge in [0.2, 0.25) is 0 Å². The van der Waals surface area contributed by atoms with Crippen molar-refractivity contribution in [3.05, 3.63) is 17.4 Å². The van der Waals surface area contributed by atoms with Crippen LogP contribution in [0.3, 0.4) is 0 Å². The second-order valence-electron chi connectivity index (χ2n) is 2.66. The summed E-state index contributed by atoms with van der Waals surface area (Å²) in [5.41, 5.74) is -0.110. The van der Waals surface area contributed by atoms with Crippen molar-refractivity contribution in [1.29, 1.82) is 0 Å². The molecule has 5 heteroatoms. The summed E-state index contributed by atoms with van der Waals surface area (Å²) in [6, 6.07) is 1.51. The fourth-order valence-corrected chi connectivity index (χ4v) is 1.74. The molecule has 0 fully saturated rings. The van der Waals surface area contributed by atoms with E-state index in [1.165, 1.54) is 32.0 Å². The first kappa shape index (κ1) is 11.8. The molecule has 0 N–H and O–H groups in total. The predicted molar refractivity (Wildman–Crippen MR) is 56.7 cm³/mol. The van der Waals surface area contributed by atoms with Gasteiger partial charge in [0, 0.05) is 11.0 Å². The van der Waals surface area contributed by atoms with Gasteiger partial charge >= 0.3 is 0 Å². The number of aldehydes is 1. The van der Waals surface area contributed by atoms with Crippen LogP contribution in [0.25, 0.3) is 0 Å². The quantitative estimate of drug-likeness (QED) is 0.587. The molecule has 0 aliphatic carbocycles. The Morgan fingerprint density at radius 1 is 1.40 bits per heavy atom. The van der Waals surface area contributed by atoms with Crippen LogP contribution in [0.5, 0.6) is 11.5 Å². The highest BCUT2D eigenvalue weighted by Crippen LogP contribution is 2.37. The number of ether oxygens (including phenoxy) is 2. The van der Waals surface area contributed by atoms with Gasteiger partial charge in [-0.2, -0.15) is 0 Å². The van der Waals surface area contributed by atoms with E-state index in [0.717, 1.165) is 0 Å². The van der Waals surface area contributed by atoms with Gasteiger partial charge in [0.25, 0.3) is 0 Å². The number of thioether (sulfide) groups is 1. The van der Waals surface area contributed by atoms with Crippen molar-refractivity contribution >= 4 is 18.0 Å². The van der Waals surface area contributed by atoms with E-state index in [-0.39, 0.29) is 11.3 Å². The Bertz CT molecular complexity index is 379. The molecule has 0 saturated carbocycles. The molecule has 0 aliphatic rings. The van der Waals surface area contributed by atoms with Crippen molar-refractivity contribution in [3.63, 3.8) is 0 Å². The van der Waals surface area contributed by atoms with Gasteiger partial charge in [-0.05, 0) is 6.26 Å². The molecule has 0 radical (unpaired) electrons. The smallest absolute Gasteiger partial charge is 0.174 e. The predicted octanol–water partition coefficient (Wildman–Crippen LogP) is 2.38. The van der Waals surface area contributed by atoms with E-state index >= 15 is 0 Å². The second kappa shape index (κ2) is 5.02. The number of carbonyl (C=O) groups excluding carboxylic acids is 1. The Morgan fingerprint density at radius 2 is 2.07 bits per heavy atom. The lowest BCUT2D eigenvalue weighted by molar-refractivity contribution is 0.111. The number of halogens is 1. The van der Waals surface area contributed by atoms with E-state index < -0.39 is 5.82 Å². The summed E-state index contributed by atoms with van der Waals surface area (Å²) in [6.07, 6.45) is 2.15. The Morgan fingerprint density at radius 3 is 2.47 bits per heavy atom. The topological polar surface area (TPSA) is 35.5 Å². The molecule has 1 aromatic rings. The van der Waals surface area contributed by atoms with E-state index in [9.17, 15) is 9.18 Å². The molecular formula is C10H11FO3S. The first-order chi connectivity index (χ1) is 7.19. The van der Waals surface area contributed by atoms with Crippen molar-refractivity contribution in [3.8, 4) is 11.5 Å². The molecule has 0 aliphatic heterocycles. The number of benzene rings is 1. The molecule has 0 bridgehead atoms. The molecule has 1 aromatic carbocycles. The lowest BCUT2D eigenvalue weighted by atomic mass is 10.2. The zero-order chi connectivity index (χ0) is 11.4. The van der Waals surface area contributed by atoms with E-state index in [2.05, 4.69) is 0 Å². The summed E-state index contributed by atoms with van der Waals surface area (Å²) in [7, 11) is 2.80. The van der Waals surface area contributed by atoms with Gasteiger partial charge in [-0.25, -0.2) is 4.39 Å². The minimum atomic E-state index is -0.574. The van der Waals surface area contributed by atoms with E-state index in [1.54, 1.807) is 6.26 Å². The van der Waals surface area contributed by atoms with Crippen LogP contribution in [0.15, 0.2) is 11.0 Å². The van der Waals surface area contributed by atoms with Crippen molar-refractivity contribution in [2.45, 2.75) is 4.90 Å². The SMILES string of the molecule is COc1cc(SC)c(F)c(C=O)c1OC. The average molecular weight is 230 g/mol. The normalized spacial score (nSPS) is 9.87. The first-order valence-corrected chi connectivity index (χ1v) is 5.35. The molecule has 15 heavy (non-hydrogen) atoms. The van der Waals surface area contributed by atoms with Gasteiger partial charge < -0.3 is 9.47 Å². The highest BCUT2D eigenvalue weighted by atomic mass is 32.2. The fraction of sp³-hybridized carbons (Fsp3) is 0.300. The maximum atomic E-state index is 13.6. The Labute approximate surface area is 91.6 Å². The van der Waals surface area contributed by atoms with Gasteiger partial charge in [0.05, 0.1) is 19.8 Å². The molecule has 0 unspecified atom stereocenters. The van der Waals surface area contributed by atoms with Gasteiger partial charge in [-0.15, -0.1) is 11.8 Å². The lowest BCUT2D eigenvalue weighted by Crippen LogP contribution is -2.00. The van der Waals surface area contributed by atoms with Crippen molar-refractivity contribution < 1.29 is 18.7 Å². The number of hydrogen-bond donors (Lipinski definition) is 0. The summed E-state index contributed by atoms with van der Waals surface area (Å²) in [6.45, 7) is 0. The van der Waals surface area contributed by atoms with Crippen molar-refractivity contribution in [2.24, 2.45) is 0 Å². The monoisotopic (exact) mass is 230 g/mol. The highest BCUT2D eigenvalue weighted by molar-refractivity contribution is 7.98. The van der Waals surface area contributed by atoms with Gasteiger partial charge in [-0.1, -0.05) is 0 Å². The second-order valence-corrected chi connectivity index (χ2v) is 3.51. The minimum absolute atomic E-state index is 0.110. The average Bonchev–Trinajstić information content (AvgIpc) is 2.28. The molecule has 0 saturated heterocycles. The molecule has 0 aromatic heterocycles. The fourth-order valence-electron chi connectivity index (χ4n) is 1.23. The van der Waals surface area contributed by atoms with Crippen LogP contribution in [0.1, 0.15) is 10.4 Å². The van der Waals surface area contributed by atoms with Crippen LogP contribution in [-0.4, -0.2) is 26.8 Å². The van der Waals surface area contributed by atoms with E-state index in [1.807, 2.05) is 0 Å².